The molecule has 0 amide bonds. The highest BCUT2D eigenvalue weighted by atomic mass is 32.1. The lowest BCUT2D eigenvalue weighted by molar-refractivity contribution is 0.588. The van der Waals surface area contributed by atoms with Crippen molar-refractivity contribution in [2.24, 2.45) is 0 Å². The van der Waals surface area contributed by atoms with Gasteiger partial charge in [0.1, 0.15) is 0 Å². The largest absolute Gasteiger partial charge is 0.311 e. The summed E-state index contributed by atoms with van der Waals surface area (Å²) < 4.78 is 1.42. The molecule has 55 heavy (non-hydrogen) atoms. The van der Waals surface area contributed by atoms with Crippen LogP contribution in [0.25, 0.3) is 22.3 Å². The highest BCUT2D eigenvalue weighted by Gasteiger charge is 2.57. The maximum Gasteiger partial charge on any atom is 0.264 e. The van der Waals surface area contributed by atoms with Gasteiger partial charge in [-0.15, -0.1) is 11.3 Å². The third-order valence-electron chi connectivity index (χ3n) is 12.6. The number of nitrogens with zero attached hydrogens (tertiary/aromatic N) is 2. The summed E-state index contributed by atoms with van der Waals surface area (Å²) >= 11 is 2.06. The summed E-state index contributed by atoms with van der Waals surface area (Å²) in [5.41, 5.74) is 20.7. The molecule has 0 bridgehead atoms. The zero-order valence-corrected chi connectivity index (χ0v) is 31.9. The third kappa shape index (κ3) is 3.95. The molecule has 3 heterocycles. The lowest BCUT2D eigenvalue weighted by Gasteiger charge is -2.43. The minimum atomic E-state index is -0.428. The van der Waals surface area contributed by atoms with E-state index in [4.69, 9.17) is 0 Å². The number of para-hydroxylation sites is 3. The van der Waals surface area contributed by atoms with Gasteiger partial charge in [0, 0.05) is 43.7 Å². The highest BCUT2D eigenvalue weighted by molar-refractivity contribution is 7.30. The molecule has 0 fully saturated rings. The number of anilines is 6. The van der Waals surface area contributed by atoms with Crippen LogP contribution in [0.15, 0.2) is 170 Å². The molecule has 0 saturated heterocycles. The molecule has 0 N–H and O–H groups in total. The first-order chi connectivity index (χ1) is 27.0. The van der Waals surface area contributed by atoms with E-state index in [1.165, 1.54) is 99.2 Å². The molecule has 4 heteroatoms. The second-order valence-electron chi connectivity index (χ2n) is 16.4. The summed E-state index contributed by atoms with van der Waals surface area (Å²) in [5.74, 6) is 0. The van der Waals surface area contributed by atoms with Crippen molar-refractivity contribution in [2.75, 3.05) is 9.80 Å². The van der Waals surface area contributed by atoms with Gasteiger partial charge in [-0.05, 0) is 97.7 Å². The van der Waals surface area contributed by atoms with Gasteiger partial charge in [-0.25, -0.2) is 0 Å². The Kier molecular flexibility index (Phi) is 6.25. The molecule has 2 nitrogen and oxygen atoms in total. The molecule has 1 spiro atoms. The van der Waals surface area contributed by atoms with E-state index in [1.54, 1.807) is 0 Å². The van der Waals surface area contributed by atoms with Gasteiger partial charge in [0.05, 0.1) is 11.1 Å². The number of thiophene rings is 1. The Balaban J connectivity index is 1.24. The fraction of sp³-hybridized carbons (Fsp3) is 0.0980. The van der Waals surface area contributed by atoms with Crippen LogP contribution in [0.3, 0.4) is 0 Å². The van der Waals surface area contributed by atoms with Crippen molar-refractivity contribution in [2.45, 2.75) is 31.6 Å². The van der Waals surface area contributed by atoms with Gasteiger partial charge < -0.3 is 9.80 Å². The second kappa shape index (κ2) is 11.0. The Hall–Kier alpha value is -6.10. The molecule has 0 radical (unpaired) electrons. The van der Waals surface area contributed by atoms with Gasteiger partial charge in [0.15, 0.2) is 0 Å². The van der Waals surface area contributed by atoms with Crippen LogP contribution in [0.4, 0.5) is 34.1 Å². The Morgan fingerprint density at radius 1 is 0.509 bits per heavy atom. The summed E-state index contributed by atoms with van der Waals surface area (Å²) in [6.07, 6.45) is 0. The predicted octanol–water partition coefficient (Wildman–Crippen LogP) is 11.5. The summed E-state index contributed by atoms with van der Waals surface area (Å²) in [7, 11) is 0. The molecule has 1 aromatic heterocycles. The van der Waals surface area contributed by atoms with Crippen LogP contribution < -0.4 is 25.5 Å². The van der Waals surface area contributed by atoms with Crippen LogP contribution >= 0.6 is 11.3 Å². The topological polar surface area (TPSA) is 6.48 Å². The van der Waals surface area contributed by atoms with E-state index in [0.29, 0.717) is 0 Å². The fourth-order valence-electron chi connectivity index (χ4n) is 10.3. The number of hydrogen-bond donors (Lipinski definition) is 0. The average molecular weight is 721 g/mol. The lowest BCUT2D eigenvalue weighted by atomic mass is 9.36. The van der Waals surface area contributed by atoms with Crippen LogP contribution in [0.2, 0.25) is 0 Å². The first kappa shape index (κ1) is 31.3. The van der Waals surface area contributed by atoms with E-state index in [2.05, 4.69) is 212 Å². The Morgan fingerprint density at radius 3 is 1.75 bits per heavy atom. The van der Waals surface area contributed by atoms with Gasteiger partial charge in [0.25, 0.3) is 6.71 Å². The molecule has 8 aromatic rings. The van der Waals surface area contributed by atoms with E-state index in [0.717, 1.165) is 0 Å². The zero-order chi connectivity index (χ0) is 36.6. The number of hydrogen-bond acceptors (Lipinski definition) is 3. The molecule has 0 saturated carbocycles. The van der Waals surface area contributed by atoms with Crippen molar-refractivity contribution in [3.63, 3.8) is 0 Å². The molecular weight excluding hydrogens is 683 g/mol. The van der Waals surface area contributed by atoms with Crippen LogP contribution in [0, 0.1) is 0 Å². The molecule has 0 unspecified atom stereocenters. The fourth-order valence-corrected chi connectivity index (χ4v) is 12.0. The third-order valence-corrected chi connectivity index (χ3v) is 14.0. The average Bonchev–Trinajstić information content (AvgIpc) is 3.85. The van der Waals surface area contributed by atoms with Crippen molar-refractivity contribution >= 4 is 67.9 Å². The van der Waals surface area contributed by atoms with Crippen LogP contribution in [0.5, 0.6) is 0 Å². The van der Waals surface area contributed by atoms with Crippen molar-refractivity contribution in [3.05, 3.63) is 197 Å². The highest BCUT2D eigenvalue weighted by Crippen LogP contribution is 2.67. The molecule has 7 aromatic carbocycles. The van der Waals surface area contributed by atoms with E-state index in [1.807, 2.05) is 0 Å². The number of fused-ring (bicyclic) bond motifs is 15. The van der Waals surface area contributed by atoms with Gasteiger partial charge >= 0.3 is 0 Å². The van der Waals surface area contributed by atoms with Gasteiger partial charge in [-0.2, -0.15) is 0 Å². The summed E-state index contributed by atoms with van der Waals surface area (Å²) in [6.45, 7) is 7.11. The van der Waals surface area contributed by atoms with Gasteiger partial charge in [-0.1, -0.05) is 148 Å². The summed E-state index contributed by atoms with van der Waals surface area (Å²) in [4.78, 5) is 6.52. The van der Waals surface area contributed by atoms with E-state index < -0.39 is 5.41 Å². The molecule has 2 aliphatic carbocycles. The Labute approximate surface area is 327 Å². The summed E-state index contributed by atoms with van der Waals surface area (Å²) in [5, 5.41) is 0. The normalized spacial score (nSPS) is 14.9. The van der Waals surface area contributed by atoms with Crippen molar-refractivity contribution in [3.8, 4) is 22.3 Å². The summed E-state index contributed by atoms with van der Waals surface area (Å²) in [6, 6.07) is 63.9. The van der Waals surface area contributed by atoms with E-state index in [9.17, 15) is 0 Å². The van der Waals surface area contributed by atoms with Crippen LogP contribution in [-0.4, -0.2) is 6.71 Å². The first-order valence-corrected chi connectivity index (χ1v) is 20.2. The number of rotatable bonds is 2. The maximum absolute atomic E-state index is 2.60. The van der Waals surface area contributed by atoms with Crippen molar-refractivity contribution in [1.82, 2.24) is 0 Å². The lowest BCUT2D eigenvalue weighted by Crippen LogP contribution is -2.60. The second-order valence-corrected chi connectivity index (χ2v) is 17.5. The Bertz CT molecular complexity index is 2840. The molecule has 260 valence electrons. The standard InChI is InChI=1S/C51H37BN2S/c1-50(2,3)32-29-30-37-40(31-32)51(38-23-12-10-21-35(38)36-22-11-13-24-39(36)51)48-45(37)47-49(55-48)52-41-25-14-15-26-42(41)53(33-17-6-4-7-18-33)43-27-16-28-44(46(43)52)54(47)34-19-8-5-9-20-34/h4-31H,1-3H3. The van der Waals surface area contributed by atoms with Gasteiger partial charge in [0.2, 0.25) is 0 Å². The molecule has 4 aliphatic rings. The molecular formula is C51H37BN2S. The minimum absolute atomic E-state index is 0.00511. The predicted molar refractivity (Wildman–Crippen MR) is 233 cm³/mol. The SMILES string of the molecule is CC(C)(C)c1ccc2c(c1)C1(c3ccccc3-c3ccccc31)c1sc3c(c1-2)N(c1ccccc1)c1cccc2c1B3c1ccccc1N2c1ccccc1. The number of benzene rings is 7. The zero-order valence-electron chi connectivity index (χ0n) is 31.0. The van der Waals surface area contributed by atoms with Crippen molar-refractivity contribution < 1.29 is 0 Å². The molecule has 2 aliphatic heterocycles. The smallest absolute Gasteiger partial charge is 0.264 e. The quantitative estimate of drug-likeness (QED) is 0.164. The first-order valence-electron chi connectivity index (χ1n) is 19.4. The van der Waals surface area contributed by atoms with Gasteiger partial charge in [-0.3, -0.25) is 0 Å². The maximum atomic E-state index is 2.60. The molecule has 12 rings (SSSR count). The minimum Gasteiger partial charge on any atom is -0.311 e. The van der Waals surface area contributed by atoms with E-state index in [-0.39, 0.29) is 12.1 Å². The Morgan fingerprint density at radius 2 is 1.07 bits per heavy atom. The molecule has 0 atom stereocenters. The van der Waals surface area contributed by atoms with E-state index >= 15 is 0 Å². The van der Waals surface area contributed by atoms with Crippen LogP contribution in [-0.2, 0) is 10.8 Å². The van der Waals surface area contributed by atoms with Crippen molar-refractivity contribution in [1.29, 1.82) is 0 Å². The van der Waals surface area contributed by atoms with Crippen LogP contribution in [0.1, 0.15) is 47.9 Å². The monoisotopic (exact) mass is 720 g/mol.